The molecule has 0 fully saturated rings. The molecule has 0 spiro atoms. The van der Waals surface area contributed by atoms with Crippen molar-refractivity contribution < 1.29 is 4.42 Å². The molecule has 0 saturated carbocycles. The van der Waals surface area contributed by atoms with Crippen LogP contribution in [-0.4, -0.2) is 19.5 Å². The molecule has 62 heavy (non-hydrogen) atoms. The lowest BCUT2D eigenvalue weighted by atomic mass is 9.87. The Hall–Kier alpha value is -8.41. The van der Waals surface area contributed by atoms with E-state index in [4.69, 9.17) is 19.4 Å². The summed E-state index contributed by atoms with van der Waals surface area (Å²) in [5.41, 5.74) is 14.3. The lowest BCUT2D eigenvalue weighted by Crippen LogP contribution is -2.04. The minimum atomic E-state index is 0.578. The number of hydrogen-bond donors (Lipinski definition) is 0. The first kappa shape index (κ1) is 35.5. The van der Waals surface area contributed by atoms with Gasteiger partial charge in [-0.3, -0.25) is 0 Å². The Balaban J connectivity index is 1.21. The van der Waals surface area contributed by atoms with Crippen LogP contribution < -0.4 is 0 Å². The van der Waals surface area contributed by atoms with Gasteiger partial charge in [0.2, 0.25) is 0 Å². The second-order valence-electron chi connectivity index (χ2n) is 15.5. The number of aromatic nitrogens is 4. The van der Waals surface area contributed by atoms with Gasteiger partial charge in [-0.2, -0.15) is 0 Å². The maximum absolute atomic E-state index is 6.45. The first-order valence-electron chi connectivity index (χ1n) is 20.9. The SMILES string of the molecule is c1ccc(-c2nc(-c3ccccc3)nc(-c3cc(-c4c(-c5ccccc5)cccc4-c4ccccc4)ccc3-n3c4ccccc4c4c5c(ccc43)oc3ccccc35)n2)cc1. The standard InChI is InChI=1S/C57H36N4O/c1-5-18-37(19-6-1)42-28-17-29-43(38-20-7-2-8-21-38)52(42)41-32-33-48(46(36-41)57-59-55(39-22-9-3-10-23-39)58-56(60-57)40-24-11-4-12-25-40)61-47-30-15-13-26-44(47)53-49(61)34-35-51-54(53)45-27-14-16-31-50(45)62-51/h1-36H. The molecule has 0 bridgehead atoms. The van der Waals surface area contributed by atoms with E-state index in [2.05, 4.69) is 174 Å². The van der Waals surface area contributed by atoms with E-state index in [1.165, 1.54) is 0 Å². The van der Waals surface area contributed by atoms with Crippen molar-refractivity contribution in [2.45, 2.75) is 0 Å². The summed E-state index contributed by atoms with van der Waals surface area (Å²) in [6.45, 7) is 0. The van der Waals surface area contributed by atoms with Crippen molar-refractivity contribution >= 4 is 43.7 Å². The first-order valence-corrected chi connectivity index (χ1v) is 20.9. The average molecular weight is 793 g/mol. The Morgan fingerprint density at radius 2 is 0.855 bits per heavy atom. The number of benzene rings is 9. The lowest BCUT2D eigenvalue weighted by Gasteiger charge is -2.20. The fourth-order valence-electron chi connectivity index (χ4n) is 9.11. The average Bonchev–Trinajstić information content (AvgIpc) is 3.90. The van der Waals surface area contributed by atoms with Gasteiger partial charge in [-0.1, -0.05) is 182 Å². The van der Waals surface area contributed by atoms with Crippen LogP contribution in [0.4, 0.5) is 0 Å². The molecule has 0 N–H and O–H groups in total. The molecule has 12 aromatic rings. The molecule has 0 aliphatic carbocycles. The monoisotopic (exact) mass is 792 g/mol. The molecule has 0 atom stereocenters. The van der Waals surface area contributed by atoms with Crippen molar-refractivity contribution in [3.8, 4) is 73.2 Å². The molecule has 0 radical (unpaired) electrons. The number of rotatable bonds is 7. The van der Waals surface area contributed by atoms with E-state index in [9.17, 15) is 0 Å². The van der Waals surface area contributed by atoms with Gasteiger partial charge in [0.15, 0.2) is 17.5 Å². The van der Waals surface area contributed by atoms with E-state index < -0.39 is 0 Å². The quantitative estimate of drug-likeness (QED) is 0.161. The molecule has 3 heterocycles. The normalized spacial score (nSPS) is 11.5. The lowest BCUT2D eigenvalue weighted by molar-refractivity contribution is 0.669. The van der Waals surface area contributed by atoms with Crippen molar-refractivity contribution in [1.29, 1.82) is 0 Å². The van der Waals surface area contributed by atoms with Gasteiger partial charge in [-0.25, -0.2) is 15.0 Å². The van der Waals surface area contributed by atoms with Crippen LogP contribution in [0.5, 0.6) is 0 Å². The van der Waals surface area contributed by atoms with Crippen LogP contribution in [0.25, 0.3) is 117 Å². The smallest absolute Gasteiger partial charge is 0.166 e. The highest BCUT2D eigenvalue weighted by Gasteiger charge is 2.24. The Morgan fingerprint density at radius 1 is 0.323 bits per heavy atom. The summed E-state index contributed by atoms with van der Waals surface area (Å²) in [5.74, 6) is 1.79. The minimum absolute atomic E-state index is 0.578. The fourth-order valence-corrected chi connectivity index (χ4v) is 9.11. The Morgan fingerprint density at radius 3 is 1.48 bits per heavy atom. The van der Waals surface area contributed by atoms with Crippen LogP contribution in [0.2, 0.25) is 0 Å². The number of hydrogen-bond acceptors (Lipinski definition) is 4. The number of fused-ring (bicyclic) bond motifs is 7. The van der Waals surface area contributed by atoms with Crippen LogP contribution in [-0.2, 0) is 0 Å². The molecule has 290 valence electrons. The zero-order chi connectivity index (χ0) is 41.0. The molecule has 3 aromatic heterocycles. The number of furan rings is 1. The largest absolute Gasteiger partial charge is 0.456 e. The van der Waals surface area contributed by atoms with Gasteiger partial charge in [-0.15, -0.1) is 0 Å². The summed E-state index contributed by atoms with van der Waals surface area (Å²) in [5, 5.41) is 4.48. The second kappa shape index (κ2) is 14.7. The van der Waals surface area contributed by atoms with E-state index in [-0.39, 0.29) is 0 Å². The van der Waals surface area contributed by atoms with Gasteiger partial charge < -0.3 is 8.98 Å². The van der Waals surface area contributed by atoms with Crippen molar-refractivity contribution in [3.63, 3.8) is 0 Å². The number of nitrogens with zero attached hydrogens (tertiary/aromatic N) is 4. The number of para-hydroxylation sites is 2. The van der Waals surface area contributed by atoms with Crippen LogP contribution >= 0.6 is 0 Å². The molecule has 9 aromatic carbocycles. The molecule has 5 nitrogen and oxygen atoms in total. The summed E-state index contributed by atoms with van der Waals surface area (Å²) in [4.78, 5) is 15.8. The highest BCUT2D eigenvalue weighted by Crippen LogP contribution is 2.45. The summed E-state index contributed by atoms with van der Waals surface area (Å²) in [6, 6.07) is 76.3. The third-order valence-corrected chi connectivity index (χ3v) is 11.9. The third kappa shape index (κ3) is 5.90. The van der Waals surface area contributed by atoms with Crippen LogP contribution in [0.3, 0.4) is 0 Å². The van der Waals surface area contributed by atoms with E-state index in [1.807, 2.05) is 48.5 Å². The van der Waals surface area contributed by atoms with Gasteiger partial charge in [-0.05, 0) is 69.8 Å². The molecular formula is C57H36N4O. The zero-order valence-electron chi connectivity index (χ0n) is 33.5. The van der Waals surface area contributed by atoms with E-state index in [0.29, 0.717) is 17.5 Å². The zero-order valence-corrected chi connectivity index (χ0v) is 33.5. The van der Waals surface area contributed by atoms with Gasteiger partial charge in [0.25, 0.3) is 0 Å². The fraction of sp³-hybridized carbons (Fsp3) is 0. The molecule has 0 unspecified atom stereocenters. The minimum Gasteiger partial charge on any atom is -0.456 e. The molecule has 0 amide bonds. The Bertz CT molecular complexity index is 3500. The molecule has 0 aliphatic rings. The van der Waals surface area contributed by atoms with Crippen molar-refractivity contribution in [2.24, 2.45) is 0 Å². The maximum Gasteiger partial charge on any atom is 0.166 e. The topological polar surface area (TPSA) is 56.7 Å². The van der Waals surface area contributed by atoms with Gasteiger partial charge in [0, 0.05) is 38.2 Å². The van der Waals surface area contributed by atoms with Crippen LogP contribution in [0, 0.1) is 0 Å². The Kier molecular flexibility index (Phi) is 8.42. The molecule has 5 heteroatoms. The Labute approximate surface area is 357 Å². The van der Waals surface area contributed by atoms with Crippen LogP contribution in [0.15, 0.2) is 223 Å². The summed E-state index contributed by atoms with van der Waals surface area (Å²) in [6.07, 6.45) is 0. The van der Waals surface area contributed by atoms with E-state index in [0.717, 1.165) is 99.5 Å². The van der Waals surface area contributed by atoms with Crippen molar-refractivity contribution in [2.75, 3.05) is 0 Å². The highest BCUT2D eigenvalue weighted by molar-refractivity contribution is 6.27. The second-order valence-corrected chi connectivity index (χ2v) is 15.5. The van der Waals surface area contributed by atoms with E-state index in [1.54, 1.807) is 0 Å². The summed E-state index contributed by atoms with van der Waals surface area (Å²) >= 11 is 0. The van der Waals surface area contributed by atoms with Crippen molar-refractivity contribution in [1.82, 2.24) is 19.5 Å². The summed E-state index contributed by atoms with van der Waals surface area (Å²) in [7, 11) is 0. The maximum atomic E-state index is 6.45. The van der Waals surface area contributed by atoms with Crippen LogP contribution in [0.1, 0.15) is 0 Å². The van der Waals surface area contributed by atoms with Crippen molar-refractivity contribution in [3.05, 3.63) is 218 Å². The summed E-state index contributed by atoms with van der Waals surface area (Å²) < 4.78 is 8.83. The highest BCUT2D eigenvalue weighted by atomic mass is 16.3. The molecule has 0 aliphatic heterocycles. The molecular weight excluding hydrogens is 757 g/mol. The third-order valence-electron chi connectivity index (χ3n) is 11.9. The predicted octanol–water partition coefficient (Wildman–Crippen LogP) is 14.9. The van der Waals surface area contributed by atoms with Gasteiger partial charge >= 0.3 is 0 Å². The molecule has 12 rings (SSSR count). The van der Waals surface area contributed by atoms with Gasteiger partial charge in [0.1, 0.15) is 11.2 Å². The molecule has 0 saturated heterocycles. The van der Waals surface area contributed by atoms with Gasteiger partial charge in [0.05, 0.1) is 16.7 Å². The first-order chi connectivity index (χ1) is 30.8. The van der Waals surface area contributed by atoms with E-state index >= 15 is 0 Å². The predicted molar refractivity (Wildman–Crippen MR) is 254 cm³/mol.